The molecule has 3 rings (SSSR count). The Labute approximate surface area is 122 Å². The van der Waals surface area contributed by atoms with Gasteiger partial charge in [0.2, 0.25) is 5.89 Å². The normalized spacial score (nSPS) is 18.7. The fraction of sp³-hybridized carbons (Fsp3) is 0.571. The van der Waals surface area contributed by atoms with Crippen molar-refractivity contribution in [2.24, 2.45) is 5.73 Å². The maximum absolute atomic E-state index is 6.24. The average molecular weight is 293 g/mol. The largest absolute Gasteiger partial charge is 0.376 e. The summed E-state index contributed by atoms with van der Waals surface area (Å²) in [6.45, 7) is 2.31. The lowest BCUT2D eigenvalue weighted by Crippen LogP contribution is -2.41. The van der Waals surface area contributed by atoms with Crippen molar-refractivity contribution in [2.75, 3.05) is 6.61 Å². The molecular formula is C14H19N3O2S. The molecule has 108 valence electrons. The van der Waals surface area contributed by atoms with Crippen LogP contribution in [0.25, 0.3) is 0 Å². The van der Waals surface area contributed by atoms with Crippen molar-refractivity contribution in [1.82, 2.24) is 10.1 Å². The molecule has 1 fully saturated rings. The maximum atomic E-state index is 6.24. The molecule has 0 saturated heterocycles. The monoisotopic (exact) mass is 293 g/mol. The zero-order valence-corrected chi connectivity index (χ0v) is 12.4. The van der Waals surface area contributed by atoms with Crippen LogP contribution in [0.5, 0.6) is 0 Å². The standard InChI is InChI=1S/C14H19N3O2S/c1-14(15,9-18-11-3-2-4-11)13-16-12(19-17-13)7-10-5-6-20-8-10/h5-6,8,11H,2-4,7,9,15H2,1H3. The fourth-order valence-electron chi connectivity index (χ4n) is 2.02. The molecule has 6 heteroatoms. The fourth-order valence-corrected chi connectivity index (χ4v) is 2.69. The van der Waals surface area contributed by atoms with E-state index in [9.17, 15) is 0 Å². The van der Waals surface area contributed by atoms with Gasteiger partial charge in [0, 0.05) is 0 Å². The zero-order chi connectivity index (χ0) is 14.0. The molecule has 0 spiro atoms. The molecule has 0 amide bonds. The zero-order valence-electron chi connectivity index (χ0n) is 11.5. The molecule has 1 aliphatic rings. The lowest BCUT2D eigenvalue weighted by molar-refractivity contribution is -0.0222. The number of nitrogens with zero attached hydrogens (tertiary/aromatic N) is 2. The van der Waals surface area contributed by atoms with E-state index in [1.54, 1.807) is 11.3 Å². The first-order valence-corrected chi connectivity index (χ1v) is 7.82. The van der Waals surface area contributed by atoms with E-state index >= 15 is 0 Å². The minimum Gasteiger partial charge on any atom is -0.376 e. The highest BCUT2D eigenvalue weighted by Gasteiger charge is 2.30. The second kappa shape index (κ2) is 5.63. The maximum Gasteiger partial charge on any atom is 0.231 e. The number of hydrogen-bond donors (Lipinski definition) is 1. The van der Waals surface area contributed by atoms with Gasteiger partial charge in [-0.1, -0.05) is 5.16 Å². The van der Waals surface area contributed by atoms with Gasteiger partial charge in [0.25, 0.3) is 0 Å². The Kier molecular flexibility index (Phi) is 3.87. The van der Waals surface area contributed by atoms with Gasteiger partial charge in [0.05, 0.1) is 19.1 Å². The summed E-state index contributed by atoms with van der Waals surface area (Å²) < 4.78 is 11.0. The van der Waals surface area contributed by atoms with Gasteiger partial charge in [0.15, 0.2) is 5.82 Å². The number of rotatable bonds is 6. The van der Waals surface area contributed by atoms with Crippen LogP contribution in [0.3, 0.4) is 0 Å². The van der Waals surface area contributed by atoms with E-state index in [0.717, 1.165) is 12.8 Å². The van der Waals surface area contributed by atoms with Crippen molar-refractivity contribution >= 4 is 11.3 Å². The highest BCUT2D eigenvalue weighted by atomic mass is 32.1. The van der Waals surface area contributed by atoms with Gasteiger partial charge in [-0.2, -0.15) is 16.3 Å². The molecule has 1 aliphatic carbocycles. The van der Waals surface area contributed by atoms with E-state index in [0.29, 0.717) is 30.8 Å². The summed E-state index contributed by atoms with van der Waals surface area (Å²) in [6, 6.07) is 2.05. The number of aromatic nitrogens is 2. The Balaban J connectivity index is 1.61. The van der Waals surface area contributed by atoms with Gasteiger partial charge < -0.3 is 15.0 Å². The molecular weight excluding hydrogens is 274 g/mol. The Hall–Kier alpha value is -1.24. The first-order chi connectivity index (χ1) is 9.63. The van der Waals surface area contributed by atoms with E-state index in [-0.39, 0.29) is 0 Å². The van der Waals surface area contributed by atoms with Crippen LogP contribution < -0.4 is 5.73 Å². The highest BCUT2D eigenvalue weighted by Crippen LogP contribution is 2.25. The second-order valence-electron chi connectivity index (χ2n) is 5.60. The third-order valence-electron chi connectivity index (χ3n) is 3.59. The topological polar surface area (TPSA) is 74.2 Å². The Morgan fingerprint density at radius 2 is 2.40 bits per heavy atom. The van der Waals surface area contributed by atoms with Crippen LogP contribution >= 0.6 is 11.3 Å². The van der Waals surface area contributed by atoms with Crippen LogP contribution in [0.4, 0.5) is 0 Å². The third-order valence-corrected chi connectivity index (χ3v) is 4.32. The van der Waals surface area contributed by atoms with Crippen LogP contribution in [-0.2, 0) is 16.7 Å². The summed E-state index contributed by atoms with van der Waals surface area (Å²) >= 11 is 1.66. The molecule has 2 heterocycles. The SMILES string of the molecule is CC(N)(COC1CCC1)c1noc(Cc2ccsc2)n1. The number of hydrogen-bond acceptors (Lipinski definition) is 6. The molecule has 2 aromatic rings. The lowest BCUT2D eigenvalue weighted by Gasteiger charge is -2.29. The van der Waals surface area contributed by atoms with Crippen LogP contribution in [0.1, 0.15) is 43.5 Å². The Morgan fingerprint density at radius 1 is 1.55 bits per heavy atom. The summed E-state index contributed by atoms with van der Waals surface area (Å²) in [5.74, 6) is 1.11. The molecule has 1 saturated carbocycles. The van der Waals surface area contributed by atoms with Crippen LogP contribution in [0.15, 0.2) is 21.3 Å². The van der Waals surface area contributed by atoms with Gasteiger partial charge in [-0.05, 0) is 48.6 Å². The van der Waals surface area contributed by atoms with Crippen LogP contribution in [0, 0.1) is 0 Å². The summed E-state index contributed by atoms with van der Waals surface area (Å²) in [5.41, 5.74) is 6.72. The van der Waals surface area contributed by atoms with Crippen molar-refractivity contribution in [3.05, 3.63) is 34.1 Å². The number of thiophene rings is 1. The first kappa shape index (κ1) is 13.7. The smallest absolute Gasteiger partial charge is 0.231 e. The van der Waals surface area contributed by atoms with Gasteiger partial charge in [-0.3, -0.25) is 0 Å². The molecule has 2 N–H and O–H groups in total. The average Bonchev–Trinajstić information content (AvgIpc) is 2.99. The molecule has 0 aliphatic heterocycles. The summed E-state index contributed by atoms with van der Waals surface area (Å²) in [6.07, 6.45) is 4.52. The summed E-state index contributed by atoms with van der Waals surface area (Å²) in [5, 5.41) is 8.11. The van der Waals surface area contributed by atoms with E-state index < -0.39 is 5.54 Å². The van der Waals surface area contributed by atoms with E-state index in [1.807, 2.05) is 12.3 Å². The first-order valence-electron chi connectivity index (χ1n) is 6.88. The van der Waals surface area contributed by atoms with Crippen molar-refractivity contribution in [3.8, 4) is 0 Å². The van der Waals surface area contributed by atoms with Crippen molar-refractivity contribution in [2.45, 2.75) is 44.2 Å². The lowest BCUT2D eigenvalue weighted by atomic mass is 9.95. The molecule has 5 nitrogen and oxygen atoms in total. The van der Waals surface area contributed by atoms with Crippen molar-refractivity contribution in [3.63, 3.8) is 0 Å². The summed E-state index contributed by atoms with van der Waals surface area (Å²) in [7, 11) is 0. The van der Waals surface area contributed by atoms with Crippen molar-refractivity contribution < 1.29 is 9.26 Å². The van der Waals surface area contributed by atoms with Crippen molar-refractivity contribution in [1.29, 1.82) is 0 Å². The molecule has 20 heavy (non-hydrogen) atoms. The predicted octanol–water partition coefficient (Wildman–Crippen LogP) is 2.46. The van der Waals surface area contributed by atoms with Gasteiger partial charge in [-0.15, -0.1) is 0 Å². The molecule has 1 unspecified atom stereocenters. The molecule has 0 radical (unpaired) electrons. The third kappa shape index (κ3) is 3.08. The molecule has 2 aromatic heterocycles. The van der Waals surface area contributed by atoms with E-state index in [2.05, 4.69) is 21.6 Å². The number of nitrogens with two attached hydrogens (primary N) is 1. The van der Waals surface area contributed by atoms with E-state index in [1.165, 1.54) is 12.0 Å². The second-order valence-corrected chi connectivity index (χ2v) is 6.38. The minimum atomic E-state index is -0.702. The van der Waals surface area contributed by atoms with E-state index in [4.69, 9.17) is 15.0 Å². The Morgan fingerprint density at radius 3 is 3.05 bits per heavy atom. The highest BCUT2D eigenvalue weighted by molar-refractivity contribution is 7.07. The molecule has 1 atom stereocenters. The molecule has 0 bridgehead atoms. The Bertz CT molecular complexity index is 547. The predicted molar refractivity (Wildman–Crippen MR) is 76.6 cm³/mol. The van der Waals surface area contributed by atoms with Gasteiger partial charge in [0.1, 0.15) is 5.54 Å². The van der Waals surface area contributed by atoms with Gasteiger partial charge in [-0.25, -0.2) is 0 Å². The summed E-state index contributed by atoms with van der Waals surface area (Å²) in [4.78, 5) is 4.40. The number of ether oxygens (including phenoxy) is 1. The quantitative estimate of drug-likeness (QED) is 0.885. The molecule has 0 aromatic carbocycles. The van der Waals surface area contributed by atoms with Crippen LogP contribution in [-0.4, -0.2) is 22.9 Å². The van der Waals surface area contributed by atoms with Gasteiger partial charge >= 0.3 is 0 Å². The van der Waals surface area contributed by atoms with Crippen LogP contribution in [0.2, 0.25) is 0 Å². The minimum absolute atomic E-state index is 0.357.